The molecule has 1 aliphatic rings. The molecular formula is C20H18FN3O3. The van der Waals surface area contributed by atoms with Crippen molar-refractivity contribution >= 4 is 17.3 Å². The number of carbonyl (C=O) groups is 1. The molecule has 0 radical (unpaired) electrons. The van der Waals surface area contributed by atoms with Crippen LogP contribution in [0.2, 0.25) is 0 Å². The lowest BCUT2D eigenvalue weighted by Crippen LogP contribution is -2.36. The molecule has 7 heteroatoms. The van der Waals surface area contributed by atoms with E-state index in [0.717, 1.165) is 32.0 Å². The van der Waals surface area contributed by atoms with Crippen LogP contribution in [-0.2, 0) is 4.74 Å². The maximum Gasteiger partial charge on any atom is 0.294 e. The van der Waals surface area contributed by atoms with Gasteiger partial charge in [0.25, 0.3) is 5.91 Å². The Morgan fingerprint density at radius 1 is 1.07 bits per heavy atom. The van der Waals surface area contributed by atoms with Gasteiger partial charge in [0.05, 0.1) is 13.2 Å². The van der Waals surface area contributed by atoms with Gasteiger partial charge in [-0.25, -0.2) is 4.39 Å². The molecule has 1 amide bonds. The molecule has 0 saturated carbocycles. The molecule has 1 N–H and O–H groups in total. The average Bonchev–Trinajstić information content (AvgIpc) is 3.20. The number of amides is 1. The summed E-state index contributed by atoms with van der Waals surface area (Å²) < 4.78 is 23.8. The summed E-state index contributed by atoms with van der Waals surface area (Å²) >= 11 is 0. The van der Waals surface area contributed by atoms with E-state index in [-0.39, 0.29) is 11.6 Å². The van der Waals surface area contributed by atoms with Crippen molar-refractivity contribution in [2.75, 3.05) is 36.5 Å². The molecule has 1 fully saturated rings. The maximum atomic E-state index is 13.3. The van der Waals surface area contributed by atoms with E-state index in [1.165, 1.54) is 18.2 Å². The predicted molar refractivity (Wildman–Crippen MR) is 99.3 cm³/mol. The molecule has 0 unspecified atom stereocenters. The average molecular weight is 367 g/mol. The van der Waals surface area contributed by atoms with Crippen molar-refractivity contribution in [1.29, 1.82) is 0 Å². The zero-order valence-electron chi connectivity index (χ0n) is 14.5. The molecular weight excluding hydrogens is 349 g/mol. The Hall–Kier alpha value is -3.19. The molecule has 4 rings (SSSR count). The Bertz CT molecular complexity index is 934. The monoisotopic (exact) mass is 367 g/mol. The molecule has 1 aromatic heterocycles. The number of nitrogens with zero attached hydrogens (tertiary/aromatic N) is 2. The fourth-order valence-corrected chi connectivity index (χ4v) is 2.94. The van der Waals surface area contributed by atoms with Crippen LogP contribution in [0.15, 0.2) is 59.1 Å². The minimum Gasteiger partial charge on any atom is -0.378 e. The summed E-state index contributed by atoms with van der Waals surface area (Å²) in [6, 6.07) is 15.0. The van der Waals surface area contributed by atoms with Gasteiger partial charge in [0.2, 0.25) is 5.76 Å². The quantitative estimate of drug-likeness (QED) is 0.764. The van der Waals surface area contributed by atoms with Gasteiger partial charge in [-0.15, -0.1) is 0 Å². The summed E-state index contributed by atoms with van der Waals surface area (Å²) in [5, 5.41) is 6.62. The minimum atomic E-state index is -0.413. The lowest BCUT2D eigenvalue weighted by Gasteiger charge is -2.28. The highest BCUT2D eigenvalue weighted by Crippen LogP contribution is 2.22. The topological polar surface area (TPSA) is 67.6 Å². The van der Waals surface area contributed by atoms with Gasteiger partial charge >= 0.3 is 0 Å². The summed E-state index contributed by atoms with van der Waals surface area (Å²) in [5.41, 5.74) is 2.69. The van der Waals surface area contributed by atoms with E-state index < -0.39 is 5.91 Å². The van der Waals surface area contributed by atoms with Gasteiger partial charge in [-0.05, 0) is 36.4 Å². The number of benzene rings is 2. The number of nitrogens with one attached hydrogen (secondary N) is 1. The Kier molecular flexibility index (Phi) is 4.84. The van der Waals surface area contributed by atoms with Crippen LogP contribution in [0.25, 0.3) is 11.3 Å². The van der Waals surface area contributed by atoms with Crippen LogP contribution < -0.4 is 10.2 Å². The van der Waals surface area contributed by atoms with E-state index in [1.807, 2.05) is 24.3 Å². The molecule has 1 aliphatic heterocycles. The zero-order valence-corrected chi connectivity index (χ0v) is 14.5. The number of carbonyl (C=O) groups excluding carboxylic acids is 1. The minimum absolute atomic E-state index is 0.0616. The van der Waals surface area contributed by atoms with Gasteiger partial charge in [0, 0.05) is 36.1 Å². The van der Waals surface area contributed by atoms with Crippen molar-refractivity contribution in [2.24, 2.45) is 0 Å². The van der Waals surface area contributed by atoms with E-state index in [0.29, 0.717) is 16.9 Å². The van der Waals surface area contributed by atoms with Gasteiger partial charge < -0.3 is 19.5 Å². The fraction of sp³-hybridized carbons (Fsp3) is 0.200. The molecule has 0 atom stereocenters. The summed E-state index contributed by atoms with van der Waals surface area (Å²) in [6.45, 7) is 3.15. The number of morpholine rings is 1. The summed E-state index contributed by atoms with van der Waals surface area (Å²) in [5.74, 6) is -0.724. The highest BCUT2D eigenvalue weighted by Gasteiger charge is 2.15. The van der Waals surface area contributed by atoms with Crippen molar-refractivity contribution in [1.82, 2.24) is 5.16 Å². The molecule has 1 saturated heterocycles. The third-order valence-corrected chi connectivity index (χ3v) is 4.36. The van der Waals surface area contributed by atoms with Crippen LogP contribution in [0.4, 0.5) is 15.8 Å². The van der Waals surface area contributed by atoms with Gasteiger partial charge in [-0.1, -0.05) is 17.3 Å². The van der Waals surface area contributed by atoms with Crippen LogP contribution in [0.1, 0.15) is 10.6 Å². The Morgan fingerprint density at radius 3 is 2.59 bits per heavy atom. The number of rotatable bonds is 4. The van der Waals surface area contributed by atoms with Gasteiger partial charge in [-0.2, -0.15) is 0 Å². The number of aromatic nitrogens is 1. The summed E-state index contributed by atoms with van der Waals surface area (Å²) in [4.78, 5) is 14.6. The highest BCUT2D eigenvalue weighted by molar-refractivity contribution is 6.02. The van der Waals surface area contributed by atoms with Crippen molar-refractivity contribution in [3.63, 3.8) is 0 Å². The zero-order chi connectivity index (χ0) is 18.6. The Labute approximate surface area is 155 Å². The number of hydrogen-bond acceptors (Lipinski definition) is 5. The van der Waals surface area contributed by atoms with Crippen LogP contribution >= 0.6 is 0 Å². The molecule has 138 valence electrons. The lowest BCUT2D eigenvalue weighted by molar-refractivity contribution is 0.0988. The molecule has 0 spiro atoms. The second-order valence-corrected chi connectivity index (χ2v) is 6.19. The van der Waals surface area contributed by atoms with Crippen molar-refractivity contribution in [3.8, 4) is 11.3 Å². The van der Waals surface area contributed by atoms with Crippen molar-refractivity contribution < 1.29 is 18.4 Å². The number of halogens is 1. The highest BCUT2D eigenvalue weighted by atomic mass is 19.1. The van der Waals surface area contributed by atoms with Crippen LogP contribution in [-0.4, -0.2) is 37.4 Å². The first-order valence-electron chi connectivity index (χ1n) is 8.66. The fourth-order valence-electron chi connectivity index (χ4n) is 2.94. The smallest absolute Gasteiger partial charge is 0.294 e. The van der Waals surface area contributed by atoms with E-state index in [4.69, 9.17) is 9.26 Å². The molecule has 3 aromatic rings. The van der Waals surface area contributed by atoms with Gasteiger partial charge in [0.15, 0.2) is 0 Å². The van der Waals surface area contributed by atoms with Crippen molar-refractivity contribution in [3.05, 3.63) is 66.2 Å². The summed E-state index contributed by atoms with van der Waals surface area (Å²) in [7, 11) is 0. The molecule has 6 nitrogen and oxygen atoms in total. The predicted octanol–water partition coefficient (Wildman–Crippen LogP) is 3.57. The van der Waals surface area contributed by atoms with Gasteiger partial charge in [-0.3, -0.25) is 4.79 Å². The van der Waals surface area contributed by atoms with Crippen LogP contribution in [0.5, 0.6) is 0 Å². The molecule has 2 heterocycles. The number of ether oxygens (including phenoxy) is 1. The van der Waals surface area contributed by atoms with E-state index in [2.05, 4.69) is 15.4 Å². The van der Waals surface area contributed by atoms with E-state index in [9.17, 15) is 9.18 Å². The largest absolute Gasteiger partial charge is 0.378 e. The van der Waals surface area contributed by atoms with E-state index in [1.54, 1.807) is 12.1 Å². The Balaban J connectivity index is 1.43. The molecule has 27 heavy (non-hydrogen) atoms. The second kappa shape index (κ2) is 7.59. The van der Waals surface area contributed by atoms with Crippen LogP contribution in [0, 0.1) is 5.82 Å². The first kappa shape index (κ1) is 17.2. The third-order valence-electron chi connectivity index (χ3n) is 4.36. The summed E-state index contributed by atoms with van der Waals surface area (Å²) in [6.07, 6.45) is 0. The first-order chi connectivity index (χ1) is 13.2. The molecule has 2 aromatic carbocycles. The van der Waals surface area contributed by atoms with Crippen molar-refractivity contribution in [2.45, 2.75) is 0 Å². The second-order valence-electron chi connectivity index (χ2n) is 6.19. The van der Waals surface area contributed by atoms with Crippen LogP contribution in [0.3, 0.4) is 0 Å². The SMILES string of the molecule is O=C(Nc1ccc(N2CCOCC2)cc1)c1cc(-c2cccc(F)c2)no1. The normalized spacial score (nSPS) is 14.2. The maximum absolute atomic E-state index is 13.3. The third kappa shape index (κ3) is 3.98. The molecule has 0 aliphatic carbocycles. The van der Waals surface area contributed by atoms with Gasteiger partial charge in [0.1, 0.15) is 11.5 Å². The first-order valence-corrected chi connectivity index (χ1v) is 8.66. The Morgan fingerprint density at radius 2 is 1.85 bits per heavy atom. The van der Waals surface area contributed by atoms with E-state index >= 15 is 0 Å². The lowest BCUT2D eigenvalue weighted by atomic mass is 10.1. The number of hydrogen-bond donors (Lipinski definition) is 1. The standard InChI is InChI=1S/C20H18FN3O3/c21-15-3-1-2-14(12-15)18-13-19(27-23-18)20(25)22-16-4-6-17(7-5-16)24-8-10-26-11-9-24/h1-7,12-13H,8-11H2,(H,22,25). The molecule has 0 bridgehead atoms. The number of anilines is 2.